The van der Waals surface area contributed by atoms with Crippen LogP contribution in [0.1, 0.15) is 73.4 Å². The molecule has 0 aliphatic heterocycles. The van der Waals surface area contributed by atoms with E-state index in [0.29, 0.717) is 34.1 Å². The third-order valence-corrected chi connectivity index (χ3v) is 5.78. The van der Waals surface area contributed by atoms with E-state index in [-0.39, 0.29) is 10.8 Å². The molecule has 0 bridgehead atoms. The maximum absolute atomic E-state index is 11.4. The van der Waals surface area contributed by atoms with Crippen LogP contribution in [0.15, 0.2) is 60.7 Å². The Morgan fingerprint density at radius 1 is 0.647 bits per heavy atom. The van der Waals surface area contributed by atoms with Crippen LogP contribution in [0.25, 0.3) is 0 Å². The Labute approximate surface area is 210 Å². The monoisotopic (exact) mass is 498 g/mol. The molecule has 34 heavy (non-hydrogen) atoms. The number of hydrogen-bond acceptors (Lipinski definition) is 4. The standard InChI is InChI=1S/C28H28Cl2O4/c1-27(2,3)19-15-22(28(4,5)6)24(34-21-13-9-18(10-14-21)26(30)32)23(16-19)33-20-11-7-17(8-12-20)25(29)31/h7-16H,1-6H3. The minimum absolute atomic E-state index is 0.131. The lowest BCUT2D eigenvalue weighted by Crippen LogP contribution is -2.18. The van der Waals surface area contributed by atoms with Crippen molar-refractivity contribution in [1.82, 2.24) is 0 Å². The van der Waals surface area contributed by atoms with Crippen molar-refractivity contribution in [3.8, 4) is 23.0 Å². The van der Waals surface area contributed by atoms with Gasteiger partial charge in [0.15, 0.2) is 11.5 Å². The van der Waals surface area contributed by atoms with Crippen LogP contribution in [0.3, 0.4) is 0 Å². The zero-order valence-corrected chi connectivity index (χ0v) is 21.7. The minimum Gasteiger partial charge on any atom is -0.453 e. The highest BCUT2D eigenvalue weighted by Crippen LogP contribution is 2.45. The first kappa shape index (κ1) is 25.8. The van der Waals surface area contributed by atoms with Crippen LogP contribution in [-0.4, -0.2) is 10.5 Å². The first-order valence-electron chi connectivity index (χ1n) is 10.9. The van der Waals surface area contributed by atoms with Gasteiger partial charge >= 0.3 is 0 Å². The van der Waals surface area contributed by atoms with E-state index in [1.54, 1.807) is 48.5 Å². The fraction of sp³-hybridized carbons (Fsp3) is 0.286. The zero-order valence-electron chi connectivity index (χ0n) is 20.2. The van der Waals surface area contributed by atoms with E-state index >= 15 is 0 Å². The van der Waals surface area contributed by atoms with E-state index in [9.17, 15) is 9.59 Å². The summed E-state index contributed by atoms with van der Waals surface area (Å²) < 4.78 is 12.6. The SMILES string of the molecule is CC(C)(C)c1cc(Oc2ccc(C(=O)Cl)cc2)c(Oc2ccc(C(=O)Cl)cc2)c(C(C)(C)C)c1. The molecule has 0 N–H and O–H groups in total. The topological polar surface area (TPSA) is 52.6 Å². The molecule has 0 atom stereocenters. The molecule has 0 saturated carbocycles. The Balaban J connectivity index is 2.15. The van der Waals surface area contributed by atoms with Gasteiger partial charge in [-0.2, -0.15) is 0 Å². The molecule has 3 aromatic rings. The van der Waals surface area contributed by atoms with Crippen molar-refractivity contribution in [3.63, 3.8) is 0 Å². The molecule has 3 aromatic carbocycles. The number of ether oxygens (including phenoxy) is 2. The number of halogens is 2. The number of hydrogen-bond donors (Lipinski definition) is 0. The van der Waals surface area contributed by atoms with E-state index in [1.165, 1.54) is 0 Å². The largest absolute Gasteiger partial charge is 0.453 e. The number of carbonyl (C=O) groups is 2. The van der Waals surface area contributed by atoms with E-state index < -0.39 is 10.5 Å². The van der Waals surface area contributed by atoms with Crippen LogP contribution in [0, 0.1) is 0 Å². The molecule has 0 aliphatic rings. The molecule has 0 saturated heterocycles. The van der Waals surface area contributed by atoms with Gasteiger partial charge in [-0.1, -0.05) is 47.6 Å². The second-order valence-corrected chi connectivity index (χ2v) is 10.8. The summed E-state index contributed by atoms with van der Waals surface area (Å²) in [5.74, 6) is 2.20. The van der Waals surface area contributed by atoms with E-state index in [4.69, 9.17) is 32.7 Å². The molecule has 0 unspecified atom stereocenters. The quantitative estimate of drug-likeness (QED) is 0.319. The van der Waals surface area contributed by atoms with Crippen molar-refractivity contribution in [2.24, 2.45) is 0 Å². The average Bonchev–Trinajstić information content (AvgIpc) is 2.74. The molecular formula is C28H28Cl2O4. The van der Waals surface area contributed by atoms with Gasteiger partial charge in [0.1, 0.15) is 11.5 Å². The van der Waals surface area contributed by atoms with Gasteiger partial charge in [-0.05, 0) is 94.2 Å². The first-order valence-corrected chi connectivity index (χ1v) is 11.7. The van der Waals surface area contributed by atoms with Crippen molar-refractivity contribution in [3.05, 3.63) is 82.9 Å². The number of carbonyl (C=O) groups excluding carboxylic acids is 2. The van der Waals surface area contributed by atoms with E-state index in [2.05, 4.69) is 47.6 Å². The van der Waals surface area contributed by atoms with Crippen molar-refractivity contribution in [1.29, 1.82) is 0 Å². The molecule has 6 heteroatoms. The molecule has 0 spiro atoms. The van der Waals surface area contributed by atoms with Crippen molar-refractivity contribution < 1.29 is 19.1 Å². The van der Waals surface area contributed by atoms with Gasteiger partial charge < -0.3 is 9.47 Å². The number of benzene rings is 3. The van der Waals surface area contributed by atoms with Gasteiger partial charge in [0.25, 0.3) is 10.5 Å². The van der Waals surface area contributed by atoms with Crippen LogP contribution in [0.2, 0.25) is 0 Å². The van der Waals surface area contributed by atoms with Gasteiger partial charge in [0, 0.05) is 16.7 Å². The molecule has 0 heterocycles. The van der Waals surface area contributed by atoms with Gasteiger partial charge in [-0.25, -0.2) is 0 Å². The fourth-order valence-corrected chi connectivity index (χ4v) is 3.58. The van der Waals surface area contributed by atoms with Gasteiger partial charge in [0.05, 0.1) is 0 Å². The minimum atomic E-state index is -0.529. The lowest BCUT2D eigenvalue weighted by molar-refractivity contribution is 0.107. The maximum atomic E-state index is 11.4. The first-order chi connectivity index (χ1) is 15.8. The van der Waals surface area contributed by atoms with Crippen molar-refractivity contribution in [2.75, 3.05) is 0 Å². The summed E-state index contributed by atoms with van der Waals surface area (Å²) >= 11 is 11.2. The van der Waals surface area contributed by atoms with Crippen molar-refractivity contribution in [2.45, 2.75) is 52.4 Å². The van der Waals surface area contributed by atoms with Crippen LogP contribution < -0.4 is 9.47 Å². The van der Waals surface area contributed by atoms with Gasteiger partial charge in [-0.3, -0.25) is 9.59 Å². The summed E-state index contributed by atoms with van der Waals surface area (Å²) in [4.78, 5) is 22.9. The van der Waals surface area contributed by atoms with E-state index in [1.807, 2.05) is 6.07 Å². The molecule has 0 aliphatic carbocycles. The lowest BCUT2D eigenvalue weighted by Gasteiger charge is -2.29. The molecule has 0 radical (unpaired) electrons. The molecule has 3 rings (SSSR count). The highest BCUT2D eigenvalue weighted by atomic mass is 35.5. The average molecular weight is 499 g/mol. The highest BCUT2D eigenvalue weighted by molar-refractivity contribution is 6.68. The van der Waals surface area contributed by atoms with Crippen LogP contribution >= 0.6 is 23.2 Å². The molecule has 0 amide bonds. The second kappa shape index (κ2) is 9.81. The Morgan fingerprint density at radius 2 is 1.09 bits per heavy atom. The maximum Gasteiger partial charge on any atom is 0.252 e. The smallest absolute Gasteiger partial charge is 0.252 e. The summed E-state index contributed by atoms with van der Waals surface area (Å²) in [7, 11) is 0. The van der Waals surface area contributed by atoms with Gasteiger partial charge in [0.2, 0.25) is 0 Å². The van der Waals surface area contributed by atoms with Gasteiger partial charge in [-0.15, -0.1) is 0 Å². The lowest BCUT2D eigenvalue weighted by atomic mass is 9.80. The Hall–Kier alpha value is -2.82. The fourth-order valence-electron chi connectivity index (χ4n) is 3.33. The molecule has 4 nitrogen and oxygen atoms in total. The predicted molar refractivity (Wildman–Crippen MR) is 137 cm³/mol. The highest BCUT2D eigenvalue weighted by Gasteiger charge is 2.27. The molecular weight excluding hydrogens is 471 g/mol. The summed E-state index contributed by atoms with van der Waals surface area (Å²) in [6, 6.07) is 17.4. The Bertz CT molecular complexity index is 1200. The van der Waals surface area contributed by atoms with Crippen molar-refractivity contribution >= 4 is 33.7 Å². The Morgan fingerprint density at radius 3 is 1.47 bits per heavy atom. The molecule has 0 fully saturated rings. The summed E-state index contributed by atoms with van der Waals surface area (Å²) in [5, 5.41) is -1.06. The predicted octanol–water partition coefficient (Wildman–Crippen LogP) is 8.62. The third kappa shape index (κ3) is 6.19. The molecule has 178 valence electrons. The normalized spacial score (nSPS) is 11.8. The summed E-state index contributed by atoms with van der Waals surface area (Å²) in [6.45, 7) is 12.8. The van der Waals surface area contributed by atoms with E-state index in [0.717, 1.165) is 11.1 Å². The third-order valence-electron chi connectivity index (χ3n) is 5.34. The Kier molecular flexibility index (Phi) is 7.44. The van der Waals surface area contributed by atoms with Crippen LogP contribution in [-0.2, 0) is 10.8 Å². The second-order valence-electron chi connectivity index (χ2n) is 10.2. The summed E-state index contributed by atoms with van der Waals surface area (Å²) in [6.07, 6.45) is 0. The summed E-state index contributed by atoms with van der Waals surface area (Å²) in [5.41, 5.74) is 2.45. The van der Waals surface area contributed by atoms with Crippen LogP contribution in [0.5, 0.6) is 23.0 Å². The number of rotatable bonds is 6. The molecule has 0 aromatic heterocycles. The van der Waals surface area contributed by atoms with Crippen LogP contribution in [0.4, 0.5) is 0 Å². The zero-order chi connectivity index (χ0) is 25.3.